The summed E-state index contributed by atoms with van der Waals surface area (Å²) in [6, 6.07) is 11.6. The van der Waals surface area contributed by atoms with Gasteiger partial charge in [0.15, 0.2) is 0 Å². The summed E-state index contributed by atoms with van der Waals surface area (Å²) in [5.74, 6) is -4.45. The van der Waals surface area contributed by atoms with Crippen LogP contribution in [-0.4, -0.2) is 63.9 Å². The second-order valence-electron chi connectivity index (χ2n) is 9.22. The molecule has 12 nitrogen and oxygen atoms in total. The molecule has 0 aliphatic heterocycles. The predicted molar refractivity (Wildman–Crippen MR) is 143 cm³/mol. The zero-order valence-electron chi connectivity index (χ0n) is 21.3. The molecule has 12 heteroatoms. The van der Waals surface area contributed by atoms with Gasteiger partial charge in [0.2, 0.25) is 23.6 Å². The molecule has 4 atom stereocenters. The molecule has 3 aromatic rings. The molecule has 0 saturated heterocycles. The van der Waals surface area contributed by atoms with Crippen LogP contribution in [0.3, 0.4) is 0 Å². The number of rotatable bonds is 13. The number of carbonyl (C=O) groups excluding carboxylic acids is 4. The molecule has 2 aromatic carbocycles. The fraction of sp³-hybridized carbons (Fsp3) is 0.296. The molecule has 0 fully saturated rings. The zero-order chi connectivity index (χ0) is 28.5. The van der Waals surface area contributed by atoms with Crippen LogP contribution in [0.1, 0.15) is 24.5 Å². The number of aromatic nitrogens is 1. The Balaban J connectivity index is 1.76. The second-order valence-corrected chi connectivity index (χ2v) is 9.22. The summed E-state index contributed by atoms with van der Waals surface area (Å²) in [4.78, 5) is 64.8. The van der Waals surface area contributed by atoms with Crippen LogP contribution in [0.5, 0.6) is 0 Å². The minimum atomic E-state index is -1.45. The molecular formula is C27H32N6O6. The lowest BCUT2D eigenvalue weighted by Crippen LogP contribution is -2.58. The van der Waals surface area contributed by atoms with Gasteiger partial charge in [-0.25, -0.2) is 0 Å². The molecular weight excluding hydrogens is 504 g/mol. The Morgan fingerprint density at radius 3 is 2.13 bits per heavy atom. The van der Waals surface area contributed by atoms with Crippen molar-refractivity contribution in [3.8, 4) is 0 Å². The van der Waals surface area contributed by atoms with Crippen molar-refractivity contribution < 1.29 is 29.1 Å². The largest absolute Gasteiger partial charge is 0.480 e. The van der Waals surface area contributed by atoms with E-state index < -0.39 is 60.2 Å². The smallest absolute Gasteiger partial charge is 0.325 e. The van der Waals surface area contributed by atoms with Gasteiger partial charge in [-0.05, 0) is 30.5 Å². The van der Waals surface area contributed by atoms with Gasteiger partial charge in [-0.15, -0.1) is 0 Å². The molecule has 3 rings (SSSR count). The van der Waals surface area contributed by atoms with E-state index in [0.29, 0.717) is 0 Å². The number of amides is 4. The molecule has 1 aromatic heterocycles. The normalized spacial score (nSPS) is 14.0. The molecule has 39 heavy (non-hydrogen) atoms. The molecule has 206 valence electrons. The number of H-pyrrole nitrogens is 1. The van der Waals surface area contributed by atoms with Gasteiger partial charge in [-0.2, -0.15) is 0 Å². The van der Waals surface area contributed by atoms with E-state index in [-0.39, 0.29) is 12.8 Å². The number of aliphatic carboxylic acids is 1. The van der Waals surface area contributed by atoms with E-state index in [0.717, 1.165) is 22.0 Å². The number of aromatic amines is 1. The Kier molecular flexibility index (Phi) is 9.76. The summed E-state index contributed by atoms with van der Waals surface area (Å²) < 4.78 is 0. The first kappa shape index (κ1) is 28.9. The predicted octanol–water partition coefficient (Wildman–Crippen LogP) is -0.285. The first-order chi connectivity index (χ1) is 18.5. The van der Waals surface area contributed by atoms with E-state index in [1.807, 2.05) is 24.3 Å². The van der Waals surface area contributed by atoms with Crippen LogP contribution in [0, 0.1) is 0 Å². The topological polar surface area (TPSA) is 209 Å². The van der Waals surface area contributed by atoms with Crippen LogP contribution >= 0.6 is 0 Å². The highest BCUT2D eigenvalue weighted by Gasteiger charge is 2.30. The first-order valence-corrected chi connectivity index (χ1v) is 12.3. The Morgan fingerprint density at radius 1 is 0.846 bits per heavy atom. The number of carbonyl (C=O) groups is 5. The lowest BCUT2D eigenvalue weighted by Gasteiger charge is -2.24. The van der Waals surface area contributed by atoms with Gasteiger partial charge in [0.25, 0.3) is 0 Å². The number of primary amides is 1. The van der Waals surface area contributed by atoms with E-state index >= 15 is 0 Å². The fourth-order valence-corrected chi connectivity index (χ4v) is 4.03. The Bertz CT molecular complexity index is 1340. The number of hydrogen-bond donors (Lipinski definition) is 7. The number of nitrogens with two attached hydrogens (primary N) is 2. The van der Waals surface area contributed by atoms with E-state index in [1.54, 1.807) is 36.5 Å². The number of fused-ring (bicyclic) bond motifs is 1. The van der Waals surface area contributed by atoms with Crippen molar-refractivity contribution in [2.24, 2.45) is 11.5 Å². The standard InChI is InChI=1S/C27H32N6O6/c1-15(27(38)39)31-25(36)22(13-23(29)34)33-26(37)21(11-16-7-3-2-4-8-16)32-24(35)19(28)12-17-14-30-20-10-6-5-9-18(17)20/h2-10,14-15,19,21-22,30H,11-13,28H2,1H3,(H2,29,34)(H,31,36)(H,32,35)(H,33,37)(H,38,39). The number of hydrogen-bond acceptors (Lipinski definition) is 6. The highest BCUT2D eigenvalue weighted by molar-refractivity contribution is 5.96. The van der Waals surface area contributed by atoms with Crippen LogP contribution in [0.15, 0.2) is 60.8 Å². The van der Waals surface area contributed by atoms with Crippen molar-refractivity contribution in [3.05, 3.63) is 71.9 Å². The van der Waals surface area contributed by atoms with Crippen molar-refractivity contribution in [1.29, 1.82) is 0 Å². The third-order valence-electron chi connectivity index (χ3n) is 6.13. The summed E-state index contributed by atoms with van der Waals surface area (Å²) in [7, 11) is 0. The van der Waals surface area contributed by atoms with Crippen molar-refractivity contribution in [2.45, 2.75) is 50.4 Å². The maximum absolute atomic E-state index is 13.3. The Hall–Kier alpha value is -4.71. The second kappa shape index (κ2) is 13.2. The molecule has 0 aliphatic rings. The Labute approximate surface area is 224 Å². The number of benzene rings is 2. The fourth-order valence-electron chi connectivity index (χ4n) is 4.03. The summed E-state index contributed by atoms with van der Waals surface area (Å²) in [5, 5.41) is 17.3. The van der Waals surface area contributed by atoms with Gasteiger partial charge in [-0.1, -0.05) is 48.5 Å². The van der Waals surface area contributed by atoms with Crippen molar-refractivity contribution >= 4 is 40.5 Å². The summed E-state index contributed by atoms with van der Waals surface area (Å²) >= 11 is 0. The van der Waals surface area contributed by atoms with Crippen LogP contribution in [-0.2, 0) is 36.8 Å². The number of carboxylic acids is 1. The van der Waals surface area contributed by atoms with Gasteiger partial charge in [-0.3, -0.25) is 24.0 Å². The van der Waals surface area contributed by atoms with E-state index in [9.17, 15) is 24.0 Å². The third kappa shape index (κ3) is 8.14. The van der Waals surface area contributed by atoms with Crippen molar-refractivity contribution in [3.63, 3.8) is 0 Å². The monoisotopic (exact) mass is 536 g/mol. The molecule has 4 unspecified atom stereocenters. The van der Waals surface area contributed by atoms with Crippen LogP contribution < -0.4 is 27.4 Å². The summed E-state index contributed by atoms with van der Waals surface area (Å²) in [5.41, 5.74) is 13.9. The number of para-hydroxylation sites is 1. The molecule has 4 amide bonds. The van der Waals surface area contributed by atoms with Crippen LogP contribution in [0.25, 0.3) is 10.9 Å². The SMILES string of the molecule is CC(NC(=O)C(CC(N)=O)NC(=O)C(Cc1ccccc1)NC(=O)C(N)Cc1c[nH]c2ccccc12)C(=O)O. The molecule has 1 heterocycles. The highest BCUT2D eigenvalue weighted by atomic mass is 16.4. The lowest BCUT2D eigenvalue weighted by atomic mass is 10.0. The quantitative estimate of drug-likeness (QED) is 0.155. The Morgan fingerprint density at radius 2 is 1.46 bits per heavy atom. The van der Waals surface area contributed by atoms with E-state index in [2.05, 4.69) is 20.9 Å². The highest BCUT2D eigenvalue weighted by Crippen LogP contribution is 2.19. The minimum Gasteiger partial charge on any atom is -0.480 e. The average molecular weight is 537 g/mol. The lowest BCUT2D eigenvalue weighted by molar-refractivity contribution is -0.142. The van der Waals surface area contributed by atoms with Gasteiger partial charge in [0.1, 0.15) is 18.1 Å². The van der Waals surface area contributed by atoms with Crippen molar-refractivity contribution in [2.75, 3.05) is 0 Å². The molecule has 9 N–H and O–H groups in total. The molecule has 0 bridgehead atoms. The number of carboxylic acid groups (broad SMARTS) is 1. The van der Waals surface area contributed by atoms with Gasteiger partial charge in [0.05, 0.1) is 12.5 Å². The van der Waals surface area contributed by atoms with Gasteiger partial charge >= 0.3 is 5.97 Å². The molecule has 0 radical (unpaired) electrons. The zero-order valence-corrected chi connectivity index (χ0v) is 21.3. The minimum absolute atomic E-state index is 0.0641. The van der Waals surface area contributed by atoms with E-state index in [4.69, 9.17) is 16.6 Å². The van der Waals surface area contributed by atoms with Gasteiger partial charge < -0.3 is 37.5 Å². The first-order valence-electron chi connectivity index (χ1n) is 12.3. The van der Waals surface area contributed by atoms with E-state index in [1.165, 1.54) is 6.92 Å². The molecule has 0 saturated carbocycles. The third-order valence-corrected chi connectivity index (χ3v) is 6.13. The summed E-state index contributed by atoms with van der Waals surface area (Å²) in [6.45, 7) is 1.23. The van der Waals surface area contributed by atoms with Gasteiger partial charge in [0, 0.05) is 23.5 Å². The van der Waals surface area contributed by atoms with Crippen LogP contribution in [0.4, 0.5) is 0 Å². The molecule has 0 aliphatic carbocycles. The van der Waals surface area contributed by atoms with Crippen molar-refractivity contribution in [1.82, 2.24) is 20.9 Å². The maximum atomic E-state index is 13.3. The maximum Gasteiger partial charge on any atom is 0.325 e. The molecule has 0 spiro atoms. The number of nitrogens with one attached hydrogen (secondary N) is 4. The van der Waals surface area contributed by atoms with Crippen LogP contribution in [0.2, 0.25) is 0 Å². The summed E-state index contributed by atoms with van der Waals surface area (Å²) in [6.07, 6.45) is 1.47. The average Bonchev–Trinajstić information content (AvgIpc) is 3.30.